The minimum absolute atomic E-state index is 0.215. The van der Waals surface area contributed by atoms with Crippen LogP contribution in [-0.4, -0.2) is 18.5 Å². The average molecular weight is 297 g/mol. The van der Waals surface area contributed by atoms with E-state index in [0.29, 0.717) is 18.4 Å². The van der Waals surface area contributed by atoms with Crippen LogP contribution >= 0.6 is 0 Å². The van der Waals surface area contributed by atoms with Crippen molar-refractivity contribution in [3.05, 3.63) is 35.4 Å². The molecule has 0 unspecified atom stereocenters. The van der Waals surface area contributed by atoms with Crippen LogP contribution in [0.1, 0.15) is 38.3 Å². The lowest BCUT2D eigenvalue weighted by molar-refractivity contribution is -0.154. The second-order valence-corrected chi connectivity index (χ2v) is 5.17. The molecular formula is C15H17F2NO3. The van der Waals surface area contributed by atoms with Crippen LogP contribution in [0.3, 0.4) is 0 Å². The Morgan fingerprint density at radius 1 is 1.33 bits per heavy atom. The molecule has 1 aliphatic rings. The fourth-order valence-corrected chi connectivity index (χ4v) is 2.12. The summed E-state index contributed by atoms with van der Waals surface area (Å²) in [6, 6.07) is 2.91. The van der Waals surface area contributed by atoms with Gasteiger partial charge in [-0.25, -0.2) is 8.78 Å². The van der Waals surface area contributed by atoms with Crippen LogP contribution in [0, 0.1) is 17.0 Å². The van der Waals surface area contributed by atoms with E-state index in [2.05, 4.69) is 5.32 Å². The van der Waals surface area contributed by atoms with Gasteiger partial charge in [0.1, 0.15) is 5.41 Å². The average Bonchev–Trinajstić information content (AvgIpc) is 3.23. The number of amides is 1. The first-order valence-electron chi connectivity index (χ1n) is 6.84. The Morgan fingerprint density at radius 2 is 2.00 bits per heavy atom. The molecule has 1 aliphatic carbocycles. The monoisotopic (exact) mass is 297 g/mol. The highest BCUT2D eigenvalue weighted by molar-refractivity contribution is 6.05. The van der Waals surface area contributed by atoms with Gasteiger partial charge in [0.2, 0.25) is 5.91 Å². The van der Waals surface area contributed by atoms with Crippen LogP contribution in [0.15, 0.2) is 18.2 Å². The van der Waals surface area contributed by atoms with Crippen molar-refractivity contribution in [2.24, 2.45) is 5.41 Å². The molecule has 0 bridgehead atoms. The molecule has 21 heavy (non-hydrogen) atoms. The molecule has 1 saturated carbocycles. The van der Waals surface area contributed by atoms with Gasteiger partial charge in [0.15, 0.2) is 11.6 Å². The maximum absolute atomic E-state index is 13.2. The number of ether oxygens (including phenoxy) is 1. The molecule has 1 aromatic rings. The lowest BCUT2D eigenvalue weighted by Gasteiger charge is -2.19. The molecule has 0 heterocycles. The largest absolute Gasteiger partial charge is 0.465 e. The molecule has 4 nitrogen and oxygen atoms in total. The van der Waals surface area contributed by atoms with E-state index in [-0.39, 0.29) is 6.61 Å². The van der Waals surface area contributed by atoms with Gasteiger partial charge in [0.25, 0.3) is 0 Å². The first-order valence-corrected chi connectivity index (χ1v) is 6.84. The van der Waals surface area contributed by atoms with Gasteiger partial charge in [0, 0.05) is 0 Å². The van der Waals surface area contributed by atoms with Crippen LogP contribution in [-0.2, 0) is 14.3 Å². The molecular weight excluding hydrogens is 280 g/mol. The predicted molar refractivity (Wildman–Crippen MR) is 71.2 cm³/mol. The number of hydrogen-bond acceptors (Lipinski definition) is 3. The van der Waals surface area contributed by atoms with Gasteiger partial charge < -0.3 is 10.1 Å². The second kappa shape index (κ2) is 5.79. The normalized spacial score (nSPS) is 17.0. The molecule has 0 aliphatic heterocycles. The molecule has 2 rings (SSSR count). The van der Waals surface area contributed by atoms with Crippen LogP contribution in [0.4, 0.5) is 8.78 Å². The highest BCUT2D eigenvalue weighted by Crippen LogP contribution is 2.47. The number of carbonyl (C=O) groups excluding carboxylic acids is 2. The van der Waals surface area contributed by atoms with Gasteiger partial charge in [-0.3, -0.25) is 9.59 Å². The Bertz CT molecular complexity index is 570. The Morgan fingerprint density at radius 3 is 2.52 bits per heavy atom. The van der Waals surface area contributed by atoms with Crippen molar-refractivity contribution in [1.82, 2.24) is 5.32 Å². The second-order valence-electron chi connectivity index (χ2n) is 5.17. The molecule has 0 saturated heterocycles. The van der Waals surface area contributed by atoms with Gasteiger partial charge in [0.05, 0.1) is 12.6 Å². The third kappa shape index (κ3) is 3.04. The smallest absolute Gasteiger partial charge is 0.321 e. The van der Waals surface area contributed by atoms with Crippen LogP contribution < -0.4 is 5.32 Å². The summed E-state index contributed by atoms with van der Waals surface area (Å²) in [4.78, 5) is 24.0. The highest BCUT2D eigenvalue weighted by Gasteiger charge is 2.58. The fraction of sp³-hybridized carbons (Fsp3) is 0.467. The number of nitrogens with one attached hydrogen (secondary N) is 1. The Labute approximate surface area is 121 Å². The van der Waals surface area contributed by atoms with E-state index in [1.807, 2.05) is 0 Å². The Kier molecular flexibility index (Phi) is 4.25. The van der Waals surface area contributed by atoms with Crippen molar-refractivity contribution >= 4 is 11.9 Å². The molecule has 6 heteroatoms. The van der Waals surface area contributed by atoms with Crippen molar-refractivity contribution < 1.29 is 23.1 Å². The van der Waals surface area contributed by atoms with Crippen molar-refractivity contribution in [3.63, 3.8) is 0 Å². The first kappa shape index (κ1) is 15.4. The summed E-state index contributed by atoms with van der Waals surface area (Å²) < 4.78 is 31.0. The molecule has 0 radical (unpaired) electrons. The third-order valence-corrected chi connectivity index (χ3v) is 3.64. The number of benzene rings is 1. The van der Waals surface area contributed by atoms with Gasteiger partial charge in [-0.15, -0.1) is 0 Å². The fourth-order valence-electron chi connectivity index (χ4n) is 2.12. The van der Waals surface area contributed by atoms with E-state index in [4.69, 9.17) is 4.74 Å². The molecule has 1 aromatic carbocycles. The topological polar surface area (TPSA) is 55.4 Å². The predicted octanol–water partition coefficient (Wildman–Crippen LogP) is 2.49. The summed E-state index contributed by atoms with van der Waals surface area (Å²) in [5.74, 6) is -2.87. The summed E-state index contributed by atoms with van der Waals surface area (Å²) in [5, 5.41) is 2.66. The number of halogens is 2. The highest BCUT2D eigenvalue weighted by atomic mass is 19.2. The SMILES string of the molecule is CCOC(=O)C1(C(=O)N[C@@H](C)c2ccc(F)c(F)c2)CC1. The quantitative estimate of drug-likeness (QED) is 0.671. The Hall–Kier alpha value is -1.98. The molecule has 1 fully saturated rings. The van der Waals surface area contributed by atoms with E-state index in [1.165, 1.54) is 6.07 Å². The van der Waals surface area contributed by atoms with E-state index in [1.54, 1.807) is 13.8 Å². The molecule has 0 aromatic heterocycles. The third-order valence-electron chi connectivity index (χ3n) is 3.64. The number of hydrogen-bond donors (Lipinski definition) is 1. The van der Waals surface area contributed by atoms with Crippen molar-refractivity contribution in [3.8, 4) is 0 Å². The van der Waals surface area contributed by atoms with Gasteiger partial charge in [-0.2, -0.15) is 0 Å². The summed E-state index contributed by atoms with van der Waals surface area (Å²) in [6.07, 6.45) is 0.893. The molecule has 114 valence electrons. The van der Waals surface area contributed by atoms with Crippen LogP contribution in [0.5, 0.6) is 0 Å². The number of carbonyl (C=O) groups is 2. The first-order chi connectivity index (χ1) is 9.90. The maximum Gasteiger partial charge on any atom is 0.321 e. The molecule has 0 spiro atoms. The van der Waals surface area contributed by atoms with Crippen molar-refractivity contribution in [1.29, 1.82) is 0 Å². The van der Waals surface area contributed by atoms with Crippen LogP contribution in [0.25, 0.3) is 0 Å². The van der Waals surface area contributed by atoms with Crippen molar-refractivity contribution in [2.45, 2.75) is 32.7 Å². The lowest BCUT2D eigenvalue weighted by atomic mass is 10.0. The summed E-state index contributed by atoms with van der Waals surface area (Å²) in [5.41, 5.74) is -0.676. The standard InChI is InChI=1S/C15H17F2NO3/c1-3-21-14(20)15(6-7-15)13(19)18-9(2)10-4-5-11(16)12(17)8-10/h4-5,8-9H,3,6-7H2,1-2H3,(H,18,19)/t9-/m0/s1. The van der Waals surface area contributed by atoms with Gasteiger partial charge in [-0.1, -0.05) is 6.07 Å². The zero-order chi connectivity index (χ0) is 15.6. The zero-order valence-corrected chi connectivity index (χ0v) is 11.9. The molecule has 1 atom stereocenters. The maximum atomic E-state index is 13.2. The van der Waals surface area contributed by atoms with E-state index in [0.717, 1.165) is 12.1 Å². The minimum atomic E-state index is -1.11. The molecule has 1 amide bonds. The molecule has 1 N–H and O–H groups in total. The van der Waals surface area contributed by atoms with Gasteiger partial charge >= 0.3 is 5.97 Å². The van der Waals surface area contributed by atoms with E-state index < -0.39 is 35.0 Å². The van der Waals surface area contributed by atoms with E-state index >= 15 is 0 Å². The van der Waals surface area contributed by atoms with Crippen LogP contribution in [0.2, 0.25) is 0 Å². The summed E-state index contributed by atoms with van der Waals surface area (Å²) >= 11 is 0. The Balaban J connectivity index is 2.05. The summed E-state index contributed by atoms with van der Waals surface area (Å²) in [6.45, 7) is 3.54. The zero-order valence-electron chi connectivity index (χ0n) is 11.9. The number of esters is 1. The summed E-state index contributed by atoms with van der Waals surface area (Å²) in [7, 11) is 0. The number of rotatable bonds is 5. The van der Waals surface area contributed by atoms with Gasteiger partial charge in [-0.05, 0) is 44.4 Å². The van der Waals surface area contributed by atoms with Crippen molar-refractivity contribution in [2.75, 3.05) is 6.61 Å². The minimum Gasteiger partial charge on any atom is -0.465 e. The lowest BCUT2D eigenvalue weighted by Crippen LogP contribution is -2.39. The van der Waals surface area contributed by atoms with E-state index in [9.17, 15) is 18.4 Å².